The first-order valence-electron chi connectivity index (χ1n) is 9.55. The second kappa shape index (κ2) is 9.37. The smallest absolute Gasteiger partial charge is 0.251 e. The predicted molar refractivity (Wildman–Crippen MR) is 106 cm³/mol. The lowest BCUT2D eigenvalue weighted by Crippen LogP contribution is -2.55. The summed E-state index contributed by atoms with van der Waals surface area (Å²) in [6.07, 6.45) is 2.74. The van der Waals surface area contributed by atoms with E-state index in [-0.39, 0.29) is 12.0 Å². The first-order valence-corrected chi connectivity index (χ1v) is 10.4. The van der Waals surface area contributed by atoms with Crippen LogP contribution in [0.4, 0.5) is 0 Å². The molecule has 1 aromatic heterocycles. The number of aliphatic imine (C=N–C) groups is 1. The van der Waals surface area contributed by atoms with Gasteiger partial charge in [-0.05, 0) is 36.6 Å². The zero-order chi connectivity index (χ0) is 18.4. The van der Waals surface area contributed by atoms with Gasteiger partial charge in [0, 0.05) is 51.3 Å². The number of hydrogen-bond acceptors (Lipinski definition) is 4. The van der Waals surface area contributed by atoms with Crippen LogP contribution in [-0.4, -0.2) is 74.1 Å². The highest BCUT2D eigenvalue weighted by Gasteiger charge is 2.30. The Kier molecular flexibility index (Phi) is 6.91. The largest absolute Gasteiger partial charge is 0.368 e. The average Bonchev–Trinajstić information content (AvgIpc) is 3.36. The number of guanidine groups is 1. The van der Waals surface area contributed by atoms with Gasteiger partial charge in [0.05, 0.1) is 0 Å². The molecule has 0 bridgehead atoms. The third-order valence-corrected chi connectivity index (χ3v) is 5.94. The Bertz CT molecular complexity index is 591. The van der Waals surface area contributed by atoms with Crippen molar-refractivity contribution in [3.05, 3.63) is 22.4 Å². The molecule has 2 aliphatic rings. The molecule has 144 valence electrons. The zero-order valence-electron chi connectivity index (χ0n) is 15.8. The van der Waals surface area contributed by atoms with Crippen LogP contribution in [0.1, 0.15) is 24.6 Å². The standard InChI is InChI=1S/C19H30N4O2S/c1-15(13-16-5-4-12-26-16)14-21-19(20-2)23-9-7-22(8-10-23)18(24)17-6-3-11-25-17/h4-5,12,15,17H,3,6-11,13-14H2,1-2H3,(H,20,21). The van der Waals surface area contributed by atoms with Gasteiger partial charge in [0.1, 0.15) is 6.10 Å². The van der Waals surface area contributed by atoms with E-state index in [1.54, 1.807) is 0 Å². The van der Waals surface area contributed by atoms with Crippen molar-refractivity contribution >= 4 is 23.2 Å². The Morgan fingerprint density at radius 2 is 2.15 bits per heavy atom. The maximum atomic E-state index is 12.5. The number of carbonyl (C=O) groups is 1. The number of thiophene rings is 1. The van der Waals surface area contributed by atoms with Crippen molar-refractivity contribution in [2.24, 2.45) is 10.9 Å². The minimum Gasteiger partial charge on any atom is -0.368 e. The van der Waals surface area contributed by atoms with Gasteiger partial charge < -0.3 is 19.9 Å². The van der Waals surface area contributed by atoms with Crippen LogP contribution >= 0.6 is 11.3 Å². The van der Waals surface area contributed by atoms with Crippen LogP contribution < -0.4 is 5.32 Å². The van der Waals surface area contributed by atoms with Crippen molar-refractivity contribution in [1.29, 1.82) is 0 Å². The average molecular weight is 379 g/mol. The van der Waals surface area contributed by atoms with Crippen LogP contribution in [0.15, 0.2) is 22.5 Å². The van der Waals surface area contributed by atoms with Crippen LogP contribution in [0.5, 0.6) is 0 Å². The van der Waals surface area contributed by atoms with E-state index in [0.29, 0.717) is 5.92 Å². The number of amides is 1. The van der Waals surface area contributed by atoms with Gasteiger partial charge in [0.25, 0.3) is 5.91 Å². The van der Waals surface area contributed by atoms with Crippen LogP contribution in [-0.2, 0) is 16.0 Å². The molecule has 3 rings (SSSR count). The normalized spacial score (nSPS) is 22.5. The SMILES string of the molecule is CN=C(NCC(C)Cc1cccs1)N1CCN(C(=O)C2CCCO2)CC1. The molecule has 2 aliphatic heterocycles. The second-order valence-electron chi connectivity index (χ2n) is 7.13. The number of piperazine rings is 1. The lowest BCUT2D eigenvalue weighted by molar-refractivity contribution is -0.142. The molecule has 0 radical (unpaired) electrons. The molecule has 0 aromatic carbocycles. The summed E-state index contributed by atoms with van der Waals surface area (Å²) >= 11 is 1.82. The summed E-state index contributed by atoms with van der Waals surface area (Å²) in [5.74, 6) is 1.65. The van der Waals surface area contributed by atoms with Crippen LogP contribution in [0.25, 0.3) is 0 Å². The Morgan fingerprint density at radius 1 is 1.38 bits per heavy atom. The van der Waals surface area contributed by atoms with E-state index in [1.807, 2.05) is 23.3 Å². The molecule has 7 heteroatoms. The van der Waals surface area contributed by atoms with E-state index < -0.39 is 0 Å². The zero-order valence-corrected chi connectivity index (χ0v) is 16.6. The van der Waals surface area contributed by atoms with Gasteiger partial charge in [-0.3, -0.25) is 9.79 Å². The minimum absolute atomic E-state index is 0.162. The number of nitrogens with one attached hydrogen (secondary N) is 1. The summed E-state index contributed by atoms with van der Waals surface area (Å²) in [7, 11) is 1.83. The van der Waals surface area contributed by atoms with Gasteiger partial charge in [0.15, 0.2) is 5.96 Å². The number of hydrogen-bond donors (Lipinski definition) is 1. The van der Waals surface area contributed by atoms with Crippen molar-refractivity contribution in [3.63, 3.8) is 0 Å². The third kappa shape index (κ3) is 4.98. The number of ether oxygens (including phenoxy) is 1. The fourth-order valence-corrected chi connectivity index (χ4v) is 4.43. The molecular formula is C19H30N4O2S. The summed E-state index contributed by atoms with van der Waals surface area (Å²) in [5.41, 5.74) is 0. The Hall–Kier alpha value is -1.60. The molecule has 2 saturated heterocycles. The maximum absolute atomic E-state index is 12.5. The minimum atomic E-state index is -0.211. The molecule has 1 amide bonds. The van der Waals surface area contributed by atoms with Gasteiger partial charge >= 0.3 is 0 Å². The highest BCUT2D eigenvalue weighted by molar-refractivity contribution is 7.09. The quantitative estimate of drug-likeness (QED) is 0.627. The summed E-state index contributed by atoms with van der Waals surface area (Å²) in [5, 5.41) is 5.63. The maximum Gasteiger partial charge on any atom is 0.251 e. The molecule has 6 nitrogen and oxygen atoms in total. The van der Waals surface area contributed by atoms with E-state index >= 15 is 0 Å². The lowest BCUT2D eigenvalue weighted by atomic mass is 10.1. The molecule has 0 aliphatic carbocycles. The van der Waals surface area contributed by atoms with E-state index in [9.17, 15) is 4.79 Å². The fraction of sp³-hybridized carbons (Fsp3) is 0.684. The summed E-state index contributed by atoms with van der Waals surface area (Å²) in [6, 6.07) is 4.30. The fourth-order valence-electron chi connectivity index (χ4n) is 3.56. The monoisotopic (exact) mass is 378 g/mol. The van der Waals surface area contributed by atoms with Gasteiger partial charge in [-0.25, -0.2) is 0 Å². The number of carbonyl (C=O) groups excluding carboxylic acids is 1. The Labute approximate surface area is 160 Å². The molecule has 2 atom stereocenters. The highest BCUT2D eigenvalue weighted by atomic mass is 32.1. The van der Waals surface area contributed by atoms with Gasteiger partial charge in [-0.1, -0.05) is 13.0 Å². The van der Waals surface area contributed by atoms with Crippen molar-refractivity contribution in [2.75, 3.05) is 46.4 Å². The van der Waals surface area contributed by atoms with E-state index in [2.05, 4.69) is 39.6 Å². The molecule has 26 heavy (non-hydrogen) atoms. The summed E-state index contributed by atoms with van der Waals surface area (Å²) in [4.78, 5) is 22.5. The van der Waals surface area contributed by atoms with Crippen LogP contribution in [0.2, 0.25) is 0 Å². The molecule has 2 fully saturated rings. The van der Waals surface area contributed by atoms with E-state index in [4.69, 9.17) is 4.74 Å². The molecule has 0 saturated carbocycles. The highest BCUT2D eigenvalue weighted by Crippen LogP contribution is 2.16. The molecule has 1 N–H and O–H groups in total. The van der Waals surface area contributed by atoms with Crippen molar-refractivity contribution in [2.45, 2.75) is 32.3 Å². The Morgan fingerprint density at radius 3 is 2.77 bits per heavy atom. The third-order valence-electron chi connectivity index (χ3n) is 5.05. The van der Waals surface area contributed by atoms with Crippen molar-refractivity contribution in [3.8, 4) is 0 Å². The van der Waals surface area contributed by atoms with Crippen molar-refractivity contribution in [1.82, 2.24) is 15.1 Å². The number of nitrogens with zero attached hydrogens (tertiary/aromatic N) is 3. The van der Waals surface area contributed by atoms with Crippen LogP contribution in [0.3, 0.4) is 0 Å². The van der Waals surface area contributed by atoms with Gasteiger partial charge in [0.2, 0.25) is 0 Å². The van der Waals surface area contributed by atoms with Gasteiger partial charge in [-0.15, -0.1) is 11.3 Å². The van der Waals surface area contributed by atoms with Crippen molar-refractivity contribution < 1.29 is 9.53 Å². The molecule has 0 spiro atoms. The molecular weight excluding hydrogens is 348 g/mol. The Balaban J connectivity index is 1.42. The van der Waals surface area contributed by atoms with E-state index in [1.165, 1.54) is 4.88 Å². The molecule has 1 aromatic rings. The number of rotatable bonds is 5. The predicted octanol–water partition coefficient (Wildman–Crippen LogP) is 1.83. The lowest BCUT2D eigenvalue weighted by Gasteiger charge is -2.37. The topological polar surface area (TPSA) is 57.2 Å². The van der Waals surface area contributed by atoms with Gasteiger partial charge in [-0.2, -0.15) is 0 Å². The molecule has 2 unspecified atom stereocenters. The summed E-state index contributed by atoms with van der Waals surface area (Å²) < 4.78 is 5.53. The van der Waals surface area contributed by atoms with Crippen LogP contribution in [0, 0.1) is 5.92 Å². The first-order chi connectivity index (χ1) is 12.7. The first kappa shape index (κ1) is 19.2. The second-order valence-corrected chi connectivity index (χ2v) is 8.16. The molecule has 3 heterocycles. The summed E-state index contributed by atoms with van der Waals surface area (Å²) in [6.45, 7) is 7.00. The van der Waals surface area contributed by atoms with E-state index in [0.717, 1.165) is 64.6 Å².